The minimum atomic E-state index is -0.867. The molecular formula is C7H10N4O2S. The van der Waals surface area contributed by atoms with Crippen LogP contribution in [0.1, 0.15) is 18.0 Å². The van der Waals surface area contributed by atoms with Crippen LogP contribution in [0.25, 0.3) is 0 Å². The highest BCUT2D eigenvalue weighted by Crippen LogP contribution is 2.13. The number of thiazole rings is 1. The van der Waals surface area contributed by atoms with Crippen molar-refractivity contribution in [3.05, 3.63) is 16.6 Å². The molecule has 0 aliphatic rings. The second-order valence-electron chi connectivity index (χ2n) is 2.54. The van der Waals surface area contributed by atoms with E-state index in [2.05, 4.69) is 10.3 Å². The minimum Gasteiger partial charge on any atom is -0.339 e. The molecule has 1 aromatic rings. The molecule has 0 radical (unpaired) electrons. The van der Waals surface area contributed by atoms with Crippen LogP contribution in [0.15, 0.2) is 11.6 Å². The van der Waals surface area contributed by atoms with Gasteiger partial charge in [0.05, 0.1) is 6.04 Å². The molecule has 7 heteroatoms. The average Bonchev–Trinajstić information content (AvgIpc) is 2.69. The van der Waals surface area contributed by atoms with Gasteiger partial charge in [-0.05, 0) is 6.92 Å². The lowest BCUT2D eigenvalue weighted by Gasteiger charge is -2.09. The third kappa shape index (κ3) is 2.51. The zero-order valence-electron chi connectivity index (χ0n) is 7.48. The molecule has 1 heterocycles. The van der Waals surface area contributed by atoms with Crippen LogP contribution in [-0.4, -0.2) is 16.8 Å². The van der Waals surface area contributed by atoms with Crippen LogP contribution in [-0.2, 0) is 9.59 Å². The minimum absolute atomic E-state index is 0.292. The third-order valence-corrected chi connectivity index (χ3v) is 2.47. The Kier molecular flexibility index (Phi) is 3.55. The molecule has 0 spiro atoms. The molecule has 76 valence electrons. The second kappa shape index (κ2) is 4.68. The summed E-state index contributed by atoms with van der Waals surface area (Å²) in [6.45, 7) is 1.74. The first-order valence-electron chi connectivity index (χ1n) is 3.86. The van der Waals surface area contributed by atoms with Gasteiger partial charge in [-0.25, -0.2) is 10.8 Å². The highest BCUT2D eigenvalue weighted by Gasteiger charge is 2.16. The number of nitrogens with two attached hydrogens (primary N) is 1. The number of hydrogen-bond donors (Lipinski definition) is 3. The van der Waals surface area contributed by atoms with Crippen LogP contribution in [0.5, 0.6) is 0 Å². The molecule has 0 bridgehead atoms. The van der Waals surface area contributed by atoms with Gasteiger partial charge in [-0.2, -0.15) is 0 Å². The van der Waals surface area contributed by atoms with E-state index in [1.165, 1.54) is 11.3 Å². The molecule has 6 nitrogen and oxygen atoms in total. The normalized spacial score (nSPS) is 11.9. The van der Waals surface area contributed by atoms with E-state index in [-0.39, 0.29) is 6.04 Å². The van der Waals surface area contributed by atoms with E-state index >= 15 is 0 Å². The maximum absolute atomic E-state index is 11.1. The molecule has 14 heavy (non-hydrogen) atoms. The van der Waals surface area contributed by atoms with Gasteiger partial charge >= 0.3 is 11.8 Å². The van der Waals surface area contributed by atoms with Crippen LogP contribution < -0.4 is 16.6 Å². The van der Waals surface area contributed by atoms with Gasteiger partial charge in [-0.15, -0.1) is 11.3 Å². The van der Waals surface area contributed by atoms with Crippen molar-refractivity contribution in [1.29, 1.82) is 0 Å². The Balaban J connectivity index is 2.53. The SMILES string of the molecule is CC(NC(=O)C(=O)NN)c1nccs1. The largest absolute Gasteiger partial charge is 0.339 e. The van der Waals surface area contributed by atoms with Crippen LogP contribution in [0, 0.1) is 0 Å². The predicted octanol–water partition coefficient (Wildman–Crippen LogP) is -0.690. The summed E-state index contributed by atoms with van der Waals surface area (Å²) in [5, 5.41) is 4.98. The van der Waals surface area contributed by atoms with E-state index < -0.39 is 11.8 Å². The molecule has 0 aromatic carbocycles. The number of hydrazine groups is 1. The molecule has 2 amide bonds. The van der Waals surface area contributed by atoms with Crippen LogP contribution >= 0.6 is 11.3 Å². The third-order valence-electron chi connectivity index (χ3n) is 1.51. The standard InChI is InChI=1S/C7H10N4O2S/c1-4(7-9-2-3-14-7)10-5(12)6(13)11-8/h2-4H,8H2,1H3,(H,10,12)(H,11,13). The van der Waals surface area contributed by atoms with E-state index in [1.54, 1.807) is 23.9 Å². The van der Waals surface area contributed by atoms with Crippen molar-refractivity contribution in [3.8, 4) is 0 Å². The lowest BCUT2D eigenvalue weighted by atomic mass is 10.3. The summed E-state index contributed by atoms with van der Waals surface area (Å²) < 4.78 is 0. The lowest BCUT2D eigenvalue weighted by molar-refractivity contribution is -0.139. The zero-order chi connectivity index (χ0) is 10.6. The van der Waals surface area contributed by atoms with Crippen molar-refractivity contribution < 1.29 is 9.59 Å². The number of carbonyl (C=O) groups is 2. The number of amides is 2. The van der Waals surface area contributed by atoms with Gasteiger partial charge < -0.3 is 5.32 Å². The number of carbonyl (C=O) groups excluding carboxylic acids is 2. The fourth-order valence-electron chi connectivity index (χ4n) is 0.838. The number of rotatable bonds is 2. The number of nitrogens with zero attached hydrogens (tertiary/aromatic N) is 1. The molecule has 0 saturated carbocycles. The molecule has 0 fully saturated rings. The second-order valence-corrected chi connectivity index (χ2v) is 3.47. The summed E-state index contributed by atoms with van der Waals surface area (Å²) in [5.74, 6) is 3.16. The van der Waals surface area contributed by atoms with Gasteiger partial charge in [0.1, 0.15) is 5.01 Å². The molecule has 1 unspecified atom stereocenters. The molecular weight excluding hydrogens is 204 g/mol. The van der Waals surface area contributed by atoms with Crippen LogP contribution in [0.2, 0.25) is 0 Å². The van der Waals surface area contributed by atoms with E-state index in [0.717, 1.165) is 5.01 Å². The number of nitrogens with one attached hydrogen (secondary N) is 2. The van der Waals surface area contributed by atoms with Crippen molar-refractivity contribution in [2.75, 3.05) is 0 Å². The summed E-state index contributed by atoms with van der Waals surface area (Å²) >= 11 is 1.40. The first-order valence-corrected chi connectivity index (χ1v) is 4.74. The van der Waals surface area contributed by atoms with Gasteiger partial charge in [0.25, 0.3) is 0 Å². The lowest BCUT2D eigenvalue weighted by Crippen LogP contribution is -2.43. The smallest absolute Gasteiger partial charge is 0.323 e. The molecule has 1 rings (SSSR count). The summed E-state index contributed by atoms with van der Waals surface area (Å²) in [6.07, 6.45) is 1.63. The number of hydrogen-bond acceptors (Lipinski definition) is 5. The van der Waals surface area contributed by atoms with Crippen molar-refractivity contribution in [2.45, 2.75) is 13.0 Å². The number of aromatic nitrogens is 1. The van der Waals surface area contributed by atoms with E-state index in [1.807, 2.05) is 0 Å². The maximum Gasteiger partial charge on any atom is 0.323 e. The Hall–Kier alpha value is -1.47. The summed E-state index contributed by atoms with van der Waals surface area (Å²) in [4.78, 5) is 25.8. The van der Waals surface area contributed by atoms with Crippen LogP contribution in [0.3, 0.4) is 0 Å². The summed E-state index contributed by atoms with van der Waals surface area (Å²) in [6, 6.07) is -0.292. The molecule has 1 atom stereocenters. The van der Waals surface area contributed by atoms with Crippen molar-refractivity contribution >= 4 is 23.2 Å². The maximum atomic E-state index is 11.1. The fraction of sp³-hybridized carbons (Fsp3) is 0.286. The van der Waals surface area contributed by atoms with E-state index in [0.29, 0.717) is 0 Å². The monoisotopic (exact) mass is 214 g/mol. The topological polar surface area (TPSA) is 97.1 Å². The Morgan fingerprint density at radius 3 is 2.79 bits per heavy atom. The van der Waals surface area contributed by atoms with E-state index in [9.17, 15) is 9.59 Å². The Morgan fingerprint density at radius 2 is 2.29 bits per heavy atom. The first-order chi connectivity index (χ1) is 6.65. The molecule has 4 N–H and O–H groups in total. The molecule has 0 aliphatic carbocycles. The van der Waals surface area contributed by atoms with Crippen molar-refractivity contribution in [1.82, 2.24) is 15.7 Å². The first kappa shape index (κ1) is 10.6. The quantitative estimate of drug-likeness (QED) is 0.263. The summed E-state index contributed by atoms with van der Waals surface area (Å²) in [7, 11) is 0. The van der Waals surface area contributed by atoms with Crippen molar-refractivity contribution in [2.24, 2.45) is 5.84 Å². The molecule has 0 saturated heterocycles. The van der Waals surface area contributed by atoms with Gasteiger partial charge in [0.2, 0.25) is 0 Å². The van der Waals surface area contributed by atoms with Crippen LogP contribution in [0.4, 0.5) is 0 Å². The Bertz CT molecular complexity index is 324. The highest BCUT2D eigenvalue weighted by atomic mass is 32.1. The van der Waals surface area contributed by atoms with Gasteiger partial charge in [0, 0.05) is 11.6 Å². The predicted molar refractivity (Wildman–Crippen MR) is 51.0 cm³/mol. The Labute approximate surface area is 84.5 Å². The van der Waals surface area contributed by atoms with Gasteiger partial charge in [-0.1, -0.05) is 0 Å². The zero-order valence-corrected chi connectivity index (χ0v) is 8.30. The van der Waals surface area contributed by atoms with E-state index in [4.69, 9.17) is 5.84 Å². The highest BCUT2D eigenvalue weighted by molar-refractivity contribution is 7.09. The Morgan fingerprint density at radius 1 is 1.57 bits per heavy atom. The summed E-state index contributed by atoms with van der Waals surface area (Å²) in [5.41, 5.74) is 1.75. The molecule has 1 aromatic heterocycles. The molecule has 0 aliphatic heterocycles. The van der Waals surface area contributed by atoms with Gasteiger partial charge in [0.15, 0.2) is 0 Å². The van der Waals surface area contributed by atoms with Gasteiger partial charge in [-0.3, -0.25) is 15.0 Å². The van der Waals surface area contributed by atoms with Crippen molar-refractivity contribution in [3.63, 3.8) is 0 Å². The fourth-order valence-corrected chi connectivity index (χ4v) is 1.48. The average molecular weight is 214 g/mol.